The Morgan fingerprint density at radius 1 is 1.33 bits per heavy atom. The molecule has 0 saturated carbocycles. The number of nitriles is 1. The van der Waals surface area contributed by atoms with E-state index in [1.165, 1.54) is 0 Å². The molecule has 0 atom stereocenters. The van der Waals surface area contributed by atoms with Gasteiger partial charge in [0.1, 0.15) is 6.07 Å². The van der Waals surface area contributed by atoms with E-state index in [0.717, 1.165) is 42.9 Å². The van der Waals surface area contributed by atoms with Crippen molar-refractivity contribution in [2.24, 2.45) is 5.41 Å². The molecule has 6 heteroatoms. The van der Waals surface area contributed by atoms with Crippen LogP contribution in [0.2, 0.25) is 5.02 Å². The summed E-state index contributed by atoms with van der Waals surface area (Å²) in [6.07, 6.45) is 3.27. The number of amides is 1. The first-order valence-corrected chi connectivity index (χ1v) is 9.43. The zero-order valence-corrected chi connectivity index (χ0v) is 16.4. The molecule has 1 fully saturated rings. The normalized spacial score (nSPS) is 15.9. The van der Waals surface area contributed by atoms with Crippen LogP contribution in [0.3, 0.4) is 0 Å². The fraction of sp³-hybridized carbons (Fsp3) is 0.381. The van der Waals surface area contributed by atoms with Gasteiger partial charge in [-0.05, 0) is 49.6 Å². The topological polar surface area (TPSA) is 69.0 Å². The van der Waals surface area contributed by atoms with E-state index in [4.69, 9.17) is 11.6 Å². The number of aryl methyl sites for hydroxylation is 1. The predicted octanol–water partition coefficient (Wildman–Crippen LogP) is 3.84. The maximum absolute atomic E-state index is 12.7. The highest BCUT2D eigenvalue weighted by molar-refractivity contribution is 6.30. The minimum Gasteiger partial charge on any atom is -0.370 e. The van der Waals surface area contributed by atoms with Gasteiger partial charge in [0, 0.05) is 29.7 Å². The van der Waals surface area contributed by atoms with Gasteiger partial charge in [-0.25, -0.2) is 0 Å². The molecular formula is C21H23ClN4O. The third-order valence-corrected chi connectivity index (χ3v) is 5.47. The molecule has 0 bridgehead atoms. The highest BCUT2D eigenvalue weighted by atomic mass is 35.5. The van der Waals surface area contributed by atoms with Crippen molar-refractivity contribution in [3.63, 3.8) is 0 Å². The molecule has 1 aromatic carbocycles. The Morgan fingerprint density at radius 3 is 2.70 bits per heavy atom. The van der Waals surface area contributed by atoms with Crippen molar-refractivity contribution < 1.29 is 4.79 Å². The van der Waals surface area contributed by atoms with Crippen LogP contribution in [0.5, 0.6) is 0 Å². The van der Waals surface area contributed by atoms with E-state index in [2.05, 4.69) is 21.3 Å². The van der Waals surface area contributed by atoms with Crippen LogP contribution in [0.1, 0.15) is 36.6 Å². The molecule has 2 aromatic rings. The monoisotopic (exact) mass is 382 g/mol. The number of halogens is 1. The van der Waals surface area contributed by atoms with Crippen molar-refractivity contribution >= 4 is 23.2 Å². The van der Waals surface area contributed by atoms with Crippen molar-refractivity contribution in [2.45, 2.75) is 33.2 Å². The summed E-state index contributed by atoms with van der Waals surface area (Å²) in [6.45, 7) is 5.89. The molecule has 1 N–H and O–H groups in total. The lowest BCUT2D eigenvalue weighted by molar-refractivity contribution is -0.131. The summed E-state index contributed by atoms with van der Waals surface area (Å²) in [6, 6.07) is 11.5. The Bertz CT molecular complexity index is 865. The molecule has 0 unspecified atom stereocenters. The first kappa shape index (κ1) is 19.2. The number of piperidine rings is 1. The van der Waals surface area contributed by atoms with Gasteiger partial charge in [0.05, 0.1) is 23.5 Å². The van der Waals surface area contributed by atoms with Crippen LogP contribution in [-0.2, 0) is 11.3 Å². The molecule has 3 rings (SSSR count). The highest BCUT2D eigenvalue weighted by Crippen LogP contribution is 2.35. The second kappa shape index (κ2) is 7.98. The summed E-state index contributed by atoms with van der Waals surface area (Å²) in [7, 11) is 0. The maximum Gasteiger partial charge on any atom is 0.226 e. The van der Waals surface area contributed by atoms with Gasteiger partial charge >= 0.3 is 0 Å². The summed E-state index contributed by atoms with van der Waals surface area (Å²) in [5.74, 6) is 0.0566. The lowest BCUT2D eigenvalue weighted by Gasteiger charge is -2.39. The molecule has 0 spiro atoms. The molecule has 5 nitrogen and oxygen atoms in total. The maximum atomic E-state index is 12.7. The van der Waals surface area contributed by atoms with E-state index >= 15 is 0 Å². The van der Waals surface area contributed by atoms with Gasteiger partial charge in [-0.2, -0.15) is 5.26 Å². The van der Waals surface area contributed by atoms with Gasteiger partial charge in [0.2, 0.25) is 5.91 Å². The van der Waals surface area contributed by atoms with E-state index in [0.29, 0.717) is 17.1 Å². The first-order valence-electron chi connectivity index (χ1n) is 9.06. The fourth-order valence-electron chi connectivity index (χ4n) is 3.33. The number of nitrogens with one attached hydrogen (secondary N) is 1. The van der Waals surface area contributed by atoms with Gasteiger partial charge in [-0.15, -0.1) is 0 Å². The summed E-state index contributed by atoms with van der Waals surface area (Å²) < 4.78 is 0. The molecule has 0 radical (unpaired) electrons. The molecule has 2 heterocycles. The molecular weight excluding hydrogens is 360 g/mol. The molecule has 1 aliphatic rings. The van der Waals surface area contributed by atoms with Gasteiger partial charge in [-0.1, -0.05) is 24.6 Å². The second-order valence-corrected chi connectivity index (χ2v) is 7.77. The third kappa shape index (κ3) is 4.40. The molecule has 1 aliphatic heterocycles. The number of nitrogens with zero attached hydrogens (tertiary/aromatic N) is 3. The van der Waals surface area contributed by atoms with Gasteiger partial charge in [0.15, 0.2) is 0 Å². The average molecular weight is 383 g/mol. The number of pyridine rings is 1. The Morgan fingerprint density at radius 2 is 2.07 bits per heavy atom. The fourth-order valence-corrected chi connectivity index (χ4v) is 3.50. The zero-order chi connectivity index (χ0) is 19.4. The third-order valence-electron chi connectivity index (χ3n) is 5.24. The average Bonchev–Trinajstić information content (AvgIpc) is 2.68. The highest BCUT2D eigenvalue weighted by Gasteiger charge is 2.37. The van der Waals surface area contributed by atoms with Crippen LogP contribution < -0.4 is 10.2 Å². The van der Waals surface area contributed by atoms with E-state index in [9.17, 15) is 10.1 Å². The van der Waals surface area contributed by atoms with Gasteiger partial charge in [0.25, 0.3) is 0 Å². The Hall–Kier alpha value is -2.58. The number of carbonyl (C=O) groups is 1. The number of benzene rings is 1. The minimum absolute atomic E-state index is 0.0566. The standard InChI is InChI=1S/C21H23ClN4O/c1-15-3-5-18(24-13-15)14-25-20(27)21(2)7-9-26(10-8-21)19-6-4-17(22)11-16(19)12-23/h3-6,11,13H,7-10,14H2,1-2H3,(H,25,27). The van der Waals surface area contributed by atoms with Crippen LogP contribution in [0.4, 0.5) is 5.69 Å². The van der Waals surface area contributed by atoms with Crippen molar-refractivity contribution in [1.82, 2.24) is 10.3 Å². The molecule has 1 amide bonds. The Kier molecular flexibility index (Phi) is 5.67. The summed E-state index contributed by atoms with van der Waals surface area (Å²) in [4.78, 5) is 19.2. The van der Waals surface area contributed by atoms with Crippen molar-refractivity contribution in [1.29, 1.82) is 5.26 Å². The molecule has 140 valence electrons. The summed E-state index contributed by atoms with van der Waals surface area (Å²) in [5, 5.41) is 12.9. The zero-order valence-electron chi connectivity index (χ0n) is 15.6. The molecule has 1 saturated heterocycles. The van der Waals surface area contributed by atoms with Gasteiger partial charge < -0.3 is 10.2 Å². The first-order chi connectivity index (χ1) is 12.9. The summed E-state index contributed by atoms with van der Waals surface area (Å²) >= 11 is 5.99. The number of rotatable bonds is 4. The molecule has 0 aliphatic carbocycles. The smallest absolute Gasteiger partial charge is 0.226 e. The number of anilines is 1. The van der Waals surface area contributed by atoms with Gasteiger partial charge in [-0.3, -0.25) is 9.78 Å². The van der Waals surface area contributed by atoms with Crippen molar-refractivity contribution in [3.8, 4) is 6.07 Å². The Balaban J connectivity index is 1.60. The predicted molar refractivity (Wildman–Crippen MR) is 107 cm³/mol. The van der Waals surface area contributed by atoms with Crippen LogP contribution in [0.25, 0.3) is 0 Å². The van der Waals surface area contributed by atoms with E-state index in [1.54, 1.807) is 18.3 Å². The number of aromatic nitrogens is 1. The quantitative estimate of drug-likeness (QED) is 0.872. The number of hydrogen-bond donors (Lipinski definition) is 1. The van der Waals surface area contributed by atoms with Crippen LogP contribution in [0, 0.1) is 23.7 Å². The SMILES string of the molecule is Cc1ccc(CNC(=O)C2(C)CCN(c3ccc(Cl)cc3C#N)CC2)nc1. The number of hydrogen-bond acceptors (Lipinski definition) is 4. The van der Waals surface area contributed by atoms with Crippen LogP contribution >= 0.6 is 11.6 Å². The molecule has 27 heavy (non-hydrogen) atoms. The Labute approximate surface area is 165 Å². The lowest BCUT2D eigenvalue weighted by Crippen LogP contribution is -2.47. The van der Waals surface area contributed by atoms with Crippen molar-refractivity contribution in [3.05, 3.63) is 58.4 Å². The van der Waals surface area contributed by atoms with E-state index in [1.807, 2.05) is 32.0 Å². The van der Waals surface area contributed by atoms with E-state index < -0.39 is 5.41 Å². The summed E-state index contributed by atoms with van der Waals surface area (Å²) in [5.41, 5.74) is 2.99. The number of carbonyl (C=O) groups excluding carboxylic acids is 1. The lowest BCUT2D eigenvalue weighted by atomic mass is 9.79. The largest absolute Gasteiger partial charge is 0.370 e. The van der Waals surface area contributed by atoms with Crippen molar-refractivity contribution in [2.75, 3.05) is 18.0 Å². The second-order valence-electron chi connectivity index (χ2n) is 7.33. The van der Waals surface area contributed by atoms with E-state index in [-0.39, 0.29) is 5.91 Å². The van der Waals surface area contributed by atoms with Crippen LogP contribution in [-0.4, -0.2) is 24.0 Å². The van der Waals surface area contributed by atoms with Crippen LogP contribution in [0.15, 0.2) is 36.5 Å². The minimum atomic E-state index is -0.416. The molecule has 1 aromatic heterocycles.